The van der Waals surface area contributed by atoms with Crippen LogP contribution in [0.5, 0.6) is 5.75 Å². The summed E-state index contributed by atoms with van der Waals surface area (Å²) in [5.41, 5.74) is 1.34. The molecule has 0 aliphatic carbocycles. The van der Waals surface area contributed by atoms with Crippen molar-refractivity contribution in [3.63, 3.8) is 0 Å². The lowest BCUT2D eigenvalue weighted by Crippen LogP contribution is -2.04. The number of carbonyl (C=O) groups is 1. The van der Waals surface area contributed by atoms with Crippen LogP contribution in [0.4, 0.5) is 10.1 Å². The van der Waals surface area contributed by atoms with Gasteiger partial charge in [0.05, 0.1) is 23.4 Å². The molecule has 0 bridgehead atoms. The number of benzene rings is 2. The molecule has 6 heteroatoms. The monoisotopic (exact) mass is 309 g/mol. The first-order chi connectivity index (χ1) is 10.0. The van der Waals surface area contributed by atoms with Gasteiger partial charge in [0.15, 0.2) is 0 Å². The quantitative estimate of drug-likeness (QED) is 0.882. The predicted octanol–water partition coefficient (Wildman–Crippen LogP) is 3.80. The minimum absolute atomic E-state index is 0.0594. The molecular weight excluding hydrogens is 297 g/mol. The van der Waals surface area contributed by atoms with Crippen LogP contribution >= 0.6 is 11.6 Å². The number of hydrogen-bond acceptors (Lipinski definition) is 3. The van der Waals surface area contributed by atoms with Crippen LogP contribution in [0.3, 0.4) is 0 Å². The van der Waals surface area contributed by atoms with Crippen molar-refractivity contribution in [3.8, 4) is 5.75 Å². The molecule has 2 N–H and O–H groups in total. The number of halogens is 2. The van der Waals surface area contributed by atoms with E-state index in [1.807, 2.05) is 0 Å². The molecule has 0 aliphatic heterocycles. The van der Waals surface area contributed by atoms with Gasteiger partial charge in [-0.25, -0.2) is 9.18 Å². The van der Waals surface area contributed by atoms with E-state index in [9.17, 15) is 9.18 Å². The van der Waals surface area contributed by atoms with E-state index in [-0.39, 0.29) is 10.6 Å². The number of rotatable bonds is 5. The highest BCUT2D eigenvalue weighted by molar-refractivity contribution is 6.30. The number of aromatic carboxylic acids is 1. The average molecular weight is 310 g/mol. The molecule has 0 unspecified atom stereocenters. The van der Waals surface area contributed by atoms with Crippen molar-refractivity contribution in [2.75, 3.05) is 12.4 Å². The lowest BCUT2D eigenvalue weighted by atomic mass is 10.1. The predicted molar refractivity (Wildman–Crippen MR) is 78.7 cm³/mol. The highest BCUT2D eigenvalue weighted by Gasteiger charge is 2.09. The molecule has 0 saturated heterocycles. The first-order valence-electron chi connectivity index (χ1n) is 6.10. The maximum absolute atomic E-state index is 13.4. The standard InChI is InChI=1S/C15H13ClFNO3/c1-21-14-5-3-10(15(19)20)7-13(14)18-8-9-2-4-11(16)12(17)6-9/h2-7,18H,8H2,1H3,(H,19,20). The molecule has 0 aliphatic rings. The number of methoxy groups -OCH3 is 1. The Hall–Kier alpha value is -2.27. The molecule has 0 saturated carbocycles. The van der Waals surface area contributed by atoms with E-state index in [1.165, 1.54) is 31.4 Å². The van der Waals surface area contributed by atoms with E-state index in [0.717, 1.165) is 0 Å². The van der Waals surface area contributed by atoms with E-state index in [1.54, 1.807) is 12.1 Å². The first kappa shape index (κ1) is 15.1. The second kappa shape index (κ2) is 6.45. The van der Waals surface area contributed by atoms with E-state index in [0.29, 0.717) is 23.5 Å². The molecule has 0 amide bonds. The Bertz CT molecular complexity index is 676. The molecule has 0 radical (unpaired) electrons. The summed E-state index contributed by atoms with van der Waals surface area (Å²) in [6.45, 7) is 0.313. The lowest BCUT2D eigenvalue weighted by Gasteiger charge is -2.12. The van der Waals surface area contributed by atoms with Gasteiger partial charge in [0.25, 0.3) is 0 Å². The average Bonchev–Trinajstić information content (AvgIpc) is 2.48. The summed E-state index contributed by atoms with van der Waals surface area (Å²) in [7, 11) is 1.49. The fraction of sp³-hybridized carbons (Fsp3) is 0.133. The number of carboxylic acid groups (broad SMARTS) is 1. The van der Waals surface area contributed by atoms with Crippen molar-refractivity contribution in [1.82, 2.24) is 0 Å². The summed E-state index contributed by atoms with van der Waals surface area (Å²) in [5.74, 6) is -1.02. The van der Waals surface area contributed by atoms with Crippen LogP contribution in [0.1, 0.15) is 15.9 Å². The van der Waals surface area contributed by atoms with Gasteiger partial charge in [0.1, 0.15) is 11.6 Å². The first-order valence-corrected chi connectivity index (χ1v) is 6.48. The third kappa shape index (κ3) is 3.64. The van der Waals surface area contributed by atoms with Gasteiger partial charge in [-0.2, -0.15) is 0 Å². The van der Waals surface area contributed by atoms with E-state index in [4.69, 9.17) is 21.4 Å². The molecule has 2 rings (SSSR count). The summed E-state index contributed by atoms with van der Waals surface area (Å²) in [6, 6.07) is 8.96. The maximum Gasteiger partial charge on any atom is 0.335 e. The van der Waals surface area contributed by atoms with Crippen molar-refractivity contribution in [3.05, 3.63) is 58.4 Å². The van der Waals surface area contributed by atoms with Crippen LogP contribution in [0.2, 0.25) is 5.02 Å². The summed E-state index contributed by atoms with van der Waals surface area (Å²) >= 11 is 5.62. The summed E-state index contributed by atoms with van der Waals surface area (Å²) in [5, 5.41) is 12.1. The van der Waals surface area contributed by atoms with Crippen molar-refractivity contribution in [1.29, 1.82) is 0 Å². The second-order valence-corrected chi connectivity index (χ2v) is 4.73. The minimum Gasteiger partial charge on any atom is -0.495 e. The highest BCUT2D eigenvalue weighted by Crippen LogP contribution is 2.26. The SMILES string of the molecule is COc1ccc(C(=O)O)cc1NCc1ccc(Cl)c(F)c1. The molecular formula is C15H13ClFNO3. The van der Waals surface area contributed by atoms with Gasteiger partial charge in [-0.15, -0.1) is 0 Å². The zero-order chi connectivity index (χ0) is 15.4. The summed E-state index contributed by atoms with van der Waals surface area (Å²) < 4.78 is 18.5. The Balaban J connectivity index is 2.19. The van der Waals surface area contributed by atoms with Gasteiger partial charge >= 0.3 is 5.97 Å². The largest absolute Gasteiger partial charge is 0.495 e. The van der Waals surface area contributed by atoms with Crippen LogP contribution < -0.4 is 10.1 Å². The summed E-state index contributed by atoms with van der Waals surface area (Å²) in [6.07, 6.45) is 0. The highest BCUT2D eigenvalue weighted by atomic mass is 35.5. The maximum atomic E-state index is 13.4. The topological polar surface area (TPSA) is 58.6 Å². The Morgan fingerprint density at radius 2 is 2.10 bits per heavy atom. The molecule has 2 aromatic rings. The second-order valence-electron chi connectivity index (χ2n) is 4.32. The Morgan fingerprint density at radius 1 is 1.33 bits per heavy atom. The fourth-order valence-corrected chi connectivity index (χ4v) is 1.94. The van der Waals surface area contributed by atoms with Crippen LogP contribution in [-0.4, -0.2) is 18.2 Å². The third-order valence-corrected chi connectivity index (χ3v) is 3.22. The molecule has 2 aromatic carbocycles. The van der Waals surface area contributed by atoms with Gasteiger partial charge in [0.2, 0.25) is 0 Å². The van der Waals surface area contributed by atoms with Crippen LogP contribution in [-0.2, 0) is 6.54 Å². The Labute approximate surface area is 126 Å². The van der Waals surface area contributed by atoms with E-state index < -0.39 is 11.8 Å². The van der Waals surface area contributed by atoms with Crippen molar-refractivity contribution in [2.45, 2.75) is 6.54 Å². The Kier molecular flexibility index (Phi) is 4.65. The number of ether oxygens (including phenoxy) is 1. The zero-order valence-corrected chi connectivity index (χ0v) is 11.9. The lowest BCUT2D eigenvalue weighted by molar-refractivity contribution is 0.0697. The van der Waals surface area contributed by atoms with Crippen LogP contribution in [0.25, 0.3) is 0 Å². The molecule has 0 atom stereocenters. The van der Waals surface area contributed by atoms with Gasteiger partial charge in [-0.05, 0) is 35.9 Å². The van der Waals surface area contributed by atoms with Crippen molar-refractivity contribution >= 4 is 23.3 Å². The minimum atomic E-state index is -1.03. The molecule has 110 valence electrons. The smallest absolute Gasteiger partial charge is 0.335 e. The van der Waals surface area contributed by atoms with Crippen LogP contribution in [0, 0.1) is 5.82 Å². The van der Waals surface area contributed by atoms with Crippen molar-refractivity contribution < 1.29 is 19.0 Å². The molecule has 21 heavy (non-hydrogen) atoms. The zero-order valence-electron chi connectivity index (χ0n) is 11.2. The van der Waals surface area contributed by atoms with Gasteiger partial charge in [-0.3, -0.25) is 0 Å². The number of nitrogens with one attached hydrogen (secondary N) is 1. The fourth-order valence-electron chi connectivity index (χ4n) is 1.83. The molecule has 4 nitrogen and oxygen atoms in total. The number of carboxylic acids is 1. The normalized spacial score (nSPS) is 10.2. The summed E-state index contributed by atoms with van der Waals surface area (Å²) in [4.78, 5) is 11.0. The van der Waals surface area contributed by atoms with Gasteiger partial charge in [0, 0.05) is 6.54 Å². The van der Waals surface area contributed by atoms with E-state index >= 15 is 0 Å². The van der Waals surface area contributed by atoms with Crippen molar-refractivity contribution in [2.24, 2.45) is 0 Å². The Morgan fingerprint density at radius 3 is 2.71 bits per heavy atom. The van der Waals surface area contributed by atoms with Gasteiger partial charge in [-0.1, -0.05) is 17.7 Å². The molecule has 0 aromatic heterocycles. The molecule has 0 heterocycles. The molecule has 0 fully saturated rings. The van der Waals surface area contributed by atoms with Crippen LogP contribution in [0.15, 0.2) is 36.4 Å². The molecule has 0 spiro atoms. The van der Waals surface area contributed by atoms with Gasteiger partial charge < -0.3 is 15.2 Å². The number of hydrogen-bond donors (Lipinski definition) is 2. The number of anilines is 1. The third-order valence-electron chi connectivity index (χ3n) is 2.91. The van der Waals surface area contributed by atoms with E-state index in [2.05, 4.69) is 5.32 Å².